The zero-order valence-corrected chi connectivity index (χ0v) is 12.8. The number of benzene rings is 1. The molecule has 2 nitrogen and oxygen atoms in total. The predicted octanol–water partition coefficient (Wildman–Crippen LogP) is 5.32. The number of aromatic nitrogens is 1. The third-order valence-corrected chi connectivity index (χ3v) is 3.66. The minimum Gasteiger partial charge on any atom is -0.370 e. The van der Waals surface area contributed by atoms with E-state index in [2.05, 4.69) is 30.2 Å². The molecule has 0 unspecified atom stereocenters. The fourth-order valence-corrected chi connectivity index (χ4v) is 2.50. The molecule has 1 aromatic heterocycles. The first-order chi connectivity index (χ1) is 9.17. The average Bonchev–Trinajstić information content (AvgIpc) is 2.41. The van der Waals surface area contributed by atoms with Crippen LogP contribution >= 0.6 is 23.2 Å². The van der Waals surface area contributed by atoms with Crippen LogP contribution < -0.4 is 5.32 Å². The molecule has 1 aromatic carbocycles. The highest BCUT2D eigenvalue weighted by Gasteiger charge is 2.10. The first-order valence-electron chi connectivity index (χ1n) is 6.68. The van der Waals surface area contributed by atoms with Crippen LogP contribution in [0, 0.1) is 0 Å². The fraction of sp³-hybridized carbons (Fsp3) is 0.400. The summed E-state index contributed by atoms with van der Waals surface area (Å²) < 4.78 is 0. The number of nitrogens with zero attached hydrogens (tertiary/aromatic N) is 1. The highest BCUT2D eigenvalue weighted by Crippen LogP contribution is 2.31. The van der Waals surface area contributed by atoms with Gasteiger partial charge < -0.3 is 5.32 Å². The second-order valence-corrected chi connectivity index (χ2v) is 5.41. The van der Waals surface area contributed by atoms with Crippen molar-refractivity contribution in [3.63, 3.8) is 0 Å². The van der Waals surface area contributed by atoms with E-state index in [9.17, 15) is 0 Å². The van der Waals surface area contributed by atoms with Crippen molar-refractivity contribution in [2.75, 3.05) is 11.9 Å². The molecule has 0 aliphatic carbocycles. The van der Waals surface area contributed by atoms with E-state index in [-0.39, 0.29) is 0 Å². The Morgan fingerprint density at radius 1 is 1.11 bits per heavy atom. The van der Waals surface area contributed by atoms with E-state index in [1.807, 2.05) is 6.07 Å². The lowest BCUT2D eigenvalue weighted by Gasteiger charge is -2.13. The second kappa shape index (κ2) is 6.44. The van der Waals surface area contributed by atoms with Gasteiger partial charge in [0, 0.05) is 11.9 Å². The van der Waals surface area contributed by atoms with Crippen molar-refractivity contribution in [3.05, 3.63) is 33.8 Å². The van der Waals surface area contributed by atoms with Crippen LogP contribution in [-0.2, 0) is 6.42 Å². The fourth-order valence-electron chi connectivity index (χ4n) is 2.09. The topological polar surface area (TPSA) is 24.9 Å². The molecule has 4 heteroatoms. The Morgan fingerprint density at radius 3 is 2.53 bits per heavy atom. The number of fused-ring (bicyclic) bond motifs is 1. The van der Waals surface area contributed by atoms with Gasteiger partial charge in [-0.1, -0.05) is 43.5 Å². The van der Waals surface area contributed by atoms with Crippen molar-refractivity contribution in [2.24, 2.45) is 0 Å². The molecule has 19 heavy (non-hydrogen) atoms. The minimum atomic E-state index is 0.641. The van der Waals surface area contributed by atoms with E-state index in [0.717, 1.165) is 42.5 Å². The van der Waals surface area contributed by atoms with Gasteiger partial charge in [0.25, 0.3) is 0 Å². The smallest absolute Gasteiger partial charge is 0.129 e. The molecule has 0 radical (unpaired) electrons. The third-order valence-electron chi connectivity index (χ3n) is 3.02. The van der Waals surface area contributed by atoms with Crippen LogP contribution in [0.2, 0.25) is 10.0 Å². The zero-order valence-electron chi connectivity index (χ0n) is 11.3. The summed E-state index contributed by atoms with van der Waals surface area (Å²) in [4.78, 5) is 4.66. The maximum atomic E-state index is 6.24. The molecule has 2 aromatic rings. The minimum absolute atomic E-state index is 0.641. The highest BCUT2D eigenvalue weighted by molar-refractivity contribution is 6.39. The summed E-state index contributed by atoms with van der Waals surface area (Å²) in [6.45, 7) is 5.21. The molecule has 0 saturated heterocycles. The molecule has 1 heterocycles. The molecular formula is C15H18Cl2N2. The largest absolute Gasteiger partial charge is 0.370 e. The first kappa shape index (κ1) is 14.4. The van der Waals surface area contributed by atoms with E-state index in [0.29, 0.717) is 10.0 Å². The Bertz CT molecular complexity index is 582. The second-order valence-electron chi connectivity index (χ2n) is 4.60. The van der Waals surface area contributed by atoms with Crippen LogP contribution in [0.3, 0.4) is 0 Å². The average molecular weight is 297 g/mol. The standard InChI is InChI=1S/C15H18Cl2N2/c1-3-5-10-9-11-12(16)6-7-13(17)14(11)19-15(10)18-8-4-2/h6-7,9H,3-5,8H2,1-2H3,(H,18,19). The van der Waals surface area contributed by atoms with Crippen LogP contribution in [-0.4, -0.2) is 11.5 Å². The van der Waals surface area contributed by atoms with E-state index in [4.69, 9.17) is 23.2 Å². The summed E-state index contributed by atoms with van der Waals surface area (Å²) in [6.07, 6.45) is 3.12. The van der Waals surface area contributed by atoms with Crippen molar-refractivity contribution in [1.29, 1.82) is 0 Å². The molecule has 0 aliphatic rings. The maximum absolute atomic E-state index is 6.24. The van der Waals surface area contributed by atoms with Gasteiger partial charge in [0.05, 0.1) is 15.6 Å². The molecule has 0 atom stereocenters. The van der Waals surface area contributed by atoms with Crippen LogP contribution in [0.5, 0.6) is 0 Å². The Kier molecular flexibility index (Phi) is 4.89. The van der Waals surface area contributed by atoms with Gasteiger partial charge in [-0.25, -0.2) is 4.98 Å². The van der Waals surface area contributed by atoms with Crippen LogP contribution in [0.4, 0.5) is 5.82 Å². The normalized spacial score (nSPS) is 10.9. The summed E-state index contributed by atoms with van der Waals surface area (Å²) in [6, 6.07) is 5.73. The number of hydrogen-bond acceptors (Lipinski definition) is 2. The number of hydrogen-bond donors (Lipinski definition) is 1. The summed E-state index contributed by atoms with van der Waals surface area (Å²) >= 11 is 12.5. The highest BCUT2D eigenvalue weighted by atomic mass is 35.5. The number of rotatable bonds is 5. The van der Waals surface area contributed by atoms with Gasteiger partial charge in [0.15, 0.2) is 0 Å². The Morgan fingerprint density at radius 2 is 1.84 bits per heavy atom. The Balaban J connectivity index is 2.58. The molecule has 0 aliphatic heterocycles. The van der Waals surface area contributed by atoms with Crippen molar-refractivity contribution < 1.29 is 0 Å². The lowest BCUT2D eigenvalue weighted by atomic mass is 10.1. The predicted molar refractivity (Wildman–Crippen MR) is 84.5 cm³/mol. The van der Waals surface area contributed by atoms with Gasteiger partial charge in [0.2, 0.25) is 0 Å². The molecule has 0 fully saturated rings. The molecule has 0 saturated carbocycles. The van der Waals surface area contributed by atoms with E-state index < -0.39 is 0 Å². The molecule has 0 amide bonds. The quantitative estimate of drug-likeness (QED) is 0.808. The van der Waals surface area contributed by atoms with Crippen LogP contribution in [0.25, 0.3) is 10.9 Å². The SMILES string of the molecule is CCCNc1nc2c(Cl)ccc(Cl)c2cc1CCC. The molecular weight excluding hydrogens is 279 g/mol. The van der Waals surface area contributed by atoms with Crippen molar-refractivity contribution in [2.45, 2.75) is 33.1 Å². The lowest BCUT2D eigenvalue weighted by Crippen LogP contribution is -2.06. The van der Waals surface area contributed by atoms with Gasteiger partial charge in [-0.15, -0.1) is 0 Å². The van der Waals surface area contributed by atoms with Gasteiger partial charge in [-0.3, -0.25) is 0 Å². The summed E-state index contributed by atoms with van der Waals surface area (Å²) in [5.41, 5.74) is 1.97. The number of nitrogens with one attached hydrogen (secondary N) is 1. The molecule has 1 N–H and O–H groups in total. The van der Waals surface area contributed by atoms with Crippen LogP contribution in [0.15, 0.2) is 18.2 Å². The van der Waals surface area contributed by atoms with E-state index in [1.165, 1.54) is 5.56 Å². The Labute approximate surface area is 124 Å². The maximum Gasteiger partial charge on any atom is 0.129 e. The van der Waals surface area contributed by atoms with Crippen molar-refractivity contribution in [1.82, 2.24) is 4.98 Å². The number of halogens is 2. The lowest BCUT2D eigenvalue weighted by molar-refractivity contribution is 0.906. The third kappa shape index (κ3) is 3.13. The van der Waals surface area contributed by atoms with Gasteiger partial charge in [0.1, 0.15) is 5.82 Å². The summed E-state index contributed by atoms with van der Waals surface area (Å²) in [5, 5.41) is 5.64. The molecule has 0 bridgehead atoms. The number of aryl methyl sites for hydroxylation is 1. The van der Waals surface area contributed by atoms with E-state index >= 15 is 0 Å². The molecule has 102 valence electrons. The van der Waals surface area contributed by atoms with Gasteiger partial charge >= 0.3 is 0 Å². The van der Waals surface area contributed by atoms with Gasteiger partial charge in [-0.05, 0) is 36.6 Å². The van der Waals surface area contributed by atoms with Crippen molar-refractivity contribution >= 4 is 39.9 Å². The first-order valence-corrected chi connectivity index (χ1v) is 7.44. The number of pyridine rings is 1. The molecule has 2 rings (SSSR count). The zero-order chi connectivity index (χ0) is 13.8. The van der Waals surface area contributed by atoms with Crippen molar-refractivity contribution in [3.8, 4) is 0 Å². The molecule has 0 spiro atoms. The summed E-state index contributed by atoms with van der Waals surface area (Å²) in [7, 11) is 0. The monoisotopic (exact) mass is 296 g/mol. The van der Waals surface area contributed by atoms with Gasteiger partial charge in [-0.2, -0.15) is 0 Å². The van der Waals surface area contributed by atoms with Crippen LogP contribution in [0.1, 0.15) is 32.3 Å². The summed E-state index contributed by atoms with van der Waals surface area (Å²) in [5.74, 6) is 0.931. The Hall–Kier alpha value is -0.990. The van der Waals surface area contributed by atoms with E-state index in [1.54, 1.807) is 6.07 Å². The number of anilines is 1.